The summed E-state index contributed by atoms with van der Waals surface area (Å²) in [4.78, 5) is 29.0. The second kappa shape index (κ2) is 10.2. The molecule has 2 amide bonds. The summed E-state index contributed by atoms with van der Waals surface area (Å²) in [5, 5.41) is 2.96. The number of amides is 2. The summed E-state index contributed by atoms with van der Waals surface area (Å²) in [5.41, 5.74) is 6.72. The Morgan fingerprint density at radius 1 is 0.800 bits per heavy atom. The van der Waals surface area contributed by atoms with Gasteiger partial charge in [0.15, 0.2) is 0 Å². The molecule has 0 bridgehead atoms. The van der Waals surface area contributed by atoms with Crippen LogP contribution >= 0.6 is 11.8 Å². The van der Waals surface area contributed by atoms with Gasteiger partial charge in [-0.1, -0.05) is 60.2 Å². The van der Waals surface area contributed by atoms with Gasteiger partial charge >= 0.3 is 0 Å². The predicted octanol–water partition coefficient (Wildman–Crippen LogP) is 6.80. The lowest BCUT2D eigenvalue weighted by Crippen LogP contribution is -2.28. The van der Waals surface area contributed by atoms with E-state index in [-0.39, 0.29) is 17.6 Å². The molecule has 0 fully saturated rings. The number of benzene rings is 4. The Hall–Kier alpha value is -3.83. The highest BCUT2D eigenvalue weighted by atomic mass is 32.2. The third-order valence-corrected chi connectivity index (χ3v) is 7.12. The standard InChI is InChI=1S/C30H26N2O2S/c1-21-13-15-24(16-14-21)30(34)31-25-9-6-10-26(19-25)35-20-29(33)32-27-11-4-2-7-22(27)17-18-23-8-3-5-12-28(23)32/h2-16,19H,17-18,20H2,1H3,(H,31,34). The molecule has 0 aromatic heterocycles. The van der Waals surface area contributed by atoms with Gasteiger partial charge in [0.25, 0.3) is 5.91 Å². The van der Waals surface area contributed by atoms with Crippen LogP contribution in [0.3, 0.4) is 0 Å². The van der Waals surface area contributed by atoms with Crippen LogP contribution in [0.2, 0.25) is 0 Å². The summed E-state index contributed by atoms with van der Waals surface area (Å²) in [6, 6.07) is 31.4. The van der Waals surface area contributed by atoms with Gasteiger partial charge in [-0.3, -0.25) is 14.5 Å². The SMILES string of the molecule is Cc1ccc(C(=O)Nc2cccc(SCC(=O)N3c4ccccc4CCc4ccccc43)c2)cc1. The molecule has 4 aromatic carbocycles. The number of nitrogens with one attached hydrogen (secondary N) is 1. The van der Waals surface area contributed by atoms with E-state index in [1.54, 1.807) is 0 Å². The average Bonchev–Trinajstić information content (AvgIpc) is 3.05. The zero-order valence-electron chi connectivity index (χ0n) is 19.5. The van der Waals surface area contributed by atoms with E-state index >= 15 is 0 Å². The van der Waals surface area contributed by atoms with Crippen LogP contribution < -0.4 is 10.2 Å². The van der Waals surface area contributed by atoms with Crippen molar-refractivity contribution in [2.24, 2.45) is 0 Å². The van der Waals surface area contributed by atoms with Crippen LogP contribution in [0.1, 0.15) is 27.0 Å². The van der Waals surface area contributed by atoms with Crippen molar-refractivity contribution in [3.8, 4) is 0 Å². The highest BCUT2D eigenvalue weighted by Crippen LogP contribution is 2.37. The van der Waals surface area contributed by atoms with Crippen LogP contribution in [0.5, 0.6) is 0 Å². The zero-order valence-corrected chi connectivity index (χ0v) is 20.3. The molecule has 174 valence electrons. The van der Waals surface area contributed by atoms with Crippen molar-refractivity contribution in [1.82, 2.24) is 0 Å². The van der Waals surface area contributed by atoms with Crippen LogP contribution in [0.15, 0.2) is 102 Å². The molecule has 4 nitrogen and oxygen atoms in total. The lowest BCUT2D eigenvalue weighted by Gasteiger charge is -2.25. The highest BCUT2D eigenvalue weighted by molar-refractivity contribution is 8.00. The quantitative estimate of drug-likeness (QED) is 0.321. The van der Waals surface area contributed by atoms with Crippen molar-refractivity contribution in [3.63, 3.8) is 0 Å². The normalized spacial score (nSPS) is 12.3. The topological polar surface area (TPSA) is 49.4 Å². The molecule has 1 aliphatic rings. The number of anilines is 3. The number of rotatable bonds is 5. The molecule has 4 aromatic rings. The summed E-state index contributed by atoms with van der Waals surface area (Å²) in [5.74, 6) is 0.171. The largest absolute Gasteiger partial charge is 0.322 e. The molecule has 5 heteroatoms. The second-order valence-corrected chi connectivity index (χ2v) is 9.67. The Bertz CT molecular complexity index is 1330. The lowest BCUT2D eigenvalue weighted by atomic mass is 10.0. The smallest absolute Gasteiger partial charge is 0.255 e. The number of hydrogen-bond acceptors (Lipinski definition) is 3. The van der Waals surface area contributed by atoms with Gasteiger partial charge in [0.05, 0.1) is 17.1 Å². The minimum Gasteiger partial charge on any atom is -0.322 e. The molecule has 1 N–H and O–H groups in total. The number of carbonyl (C=O) groups is 2. The number of thioether (sulfide) groups is 1. The lowest BCUT2D eigenvalue weighted by molar-refractivity contribution is -0.115. The van der Waals surface area contributed by atoms with Crippen LogP contribution in [0, 0.1) is 6.92 Å². The van der Waals surface area contributed by atoms with Crippen molar-refractivity contribution in [2.75, 3.05) is 16.0 Å². The Morgan fingerprint density at radius 3 is 2.09 bits per heavy atom. The van der Waals surface area contributed by atoms with Gasteiger partial charge in [-0.05, 0) is 73.4 Å². The van der Waals surface area contributed by atoms with Crippen LogP contribution in [0.25, 0.3) is 0 Å². The molecule has 0 aliphatic carbocycles. The fourth-order valence-corrected chi connectivity index (χ4v) is 5.13. The van der Waals surface area contributed by atoms with Gasteiger partial charge in [0.1, 0.15) is 0 Å². The highest BCUT2D eigenvalue weighted by Gasteiger charge is 2.25. The number of hydrogen-bond donors (Lipinski definition) is 1. The molecule has 1 heterocycles. The van der Waals surface area contributed by atoms with Crippen LogP contribution in [0.4, 0.5) is 17.1 Å². The van der Waals surface area contributed by atoms with E-state index in [9.17, 15) is 9.59 Å². The summed E-state index contributed by atoms with van der Waals surface area (Å²) in [6.45, 7) is 1.99. The molecule has 0 spiro atoms. The van der Waals surface area contributed by atoms with E-state index in [0.717, 1.165) is 34.7 Å². The molecule has 0 saturated heterocycles. The Morgan fingerprint density at radius 2 is 1.43 bits per heavy atom. The number of fused-ring (bicyclic) bond motifs is 2. The van der Waals surface area contributed by atoms with Gasteiger partial charge in [-0.25, -0.2) is 0 Å². The summed E-state index contributed by atoms with van der Waals surface area (Å²) in [7, 11) is 0. The summed E-state index contributed by atoms with van der Waals surface area (Å²) < 4.78 is 0. The van der Waals surface area contributed by atoms with Crippen molar-refractivity contribution < 1.29 is 9.59 Å². The van der Waals surface area contributed by atoms with Gasteiger partial charge in [0.2, 0.25) is 5.91 Å². The van der Waals surface area contributed by atoms with E-state index in [4.69, 9.17) is 0 Å². The van der Waals surface area contributed by atoms with Crippen molar-refractivity contribution in [3.05, 3.63) is 119 Å². The molecule has 1 aliphatic heterocycles. The number of nitrogens with zero attached hydrogens (tertiary/aromatic N) is 1. The maximum atomic E-state index is 13.6. The monoisotopic (exact) mass is 478 g/mol. The molecule has 5 rings (SSSR count). The third-order valence-electron chi connectivity index (χ3n) is 6.15. The number of aryl methyl sites for hydroxylation is 3. The molecule has 0 saturated carbocycles. The van der Waals surface area contributed by atoms with E-state index in [2.05, 4.69) is 17.4 Å². The zero-order chi connectivity index (χ0) is 24.2. The van der Waals surface area contributed by atoms with Crippen molar-refractivity contribution >= 4 is 40.6 Å². The fourth-order valence-electron chi connectivity index (χ4n) is 4.33. The fraction of sp³-hybridized carbons (Fsp3) is 0.133. The molecule has 35 heavy (non-hydrogen) atoms. The third kappa shape index (κ3) is 5.15. The maximum Gasteiger partial charge on any atom is 0.255 e. The van der Waals surface area contributed by atoms with Gasteiger partial charge < -0.3 is 5.32 Å². The van der Waals surface area contributed by atoms with Crippen molar-refractivity contribution in [2.45, 2.75) is 24.7 Å². The van der Waals surface area contributed by atoms with Crippen LogP contribution in [-0.2, 0) is 17.6 Å². The first kappa shape index (κ1) is 22.9. The van der Waals surface area contributed by atoms with Gasteiger partial charge in [-0.2, -0.15) is 0 Å². The molecule has 0 radical (unpaired) electrons. The molecule has 0 unspecified atom stereocenters. The van der Waals surface area contributed by atoms with Crippen LogP contribution in [-0.4, -0.2) is 17.6 Å². The first-order valence-electron chi connectivity index (χ1n) is 11.7. The van der Waals surface area contributed by atoms with E-state index in [0.29, 0.717) is 11.3 Å². The van der Waals surface area contributed by atoms with Crippen molar-refractivity contribution in [1.29, 1.82) is 0 Å². The Balaban J connectivity index is 1.32. The van der Waals surface area contributed by atoms with Gasteiger partial charge in [-0.15, -0.1) is 11.8 Å². The minimum atomic E-state index is -0.152. The molecular formula is C30H26N2O2S. The molecule has 0 atom stereocenters. The van der Waals surface area contributed by atoms with E-state index in [1.807, 2.05) is 96.8 Å². The maximum absolute atomic E-state index is 13.6. The first-order valence-corrected chi connectivity index (χ1v) is 12.7. The van der Waals surface area contributed by atoms with E-state index < -0.39 is 0 Å². The minimum absolute atomic E-state index is 0.0332. The summed E-state index contributed by atoms with van der Waals surface area (Å²) in [6.07, 6.45) is 1.82. The summed E-state index contributed by atoms with van der Waals surface area (Å²) >= 11 is 1.47. The Labute approximate surface area is 210 Å². The predicted molar refractivity (Wildman–Crippen MR) is 144 cm³/mol. The number of para-hydroxylation sites is 2. The van der Waals surface area contributed by atoms with Gasteiger partial charge in [0, 0.05) is 16.1 Å². The average molecular weight is 479 g/mol. The second-order valence-electron chi connectivity index (χ2n) is 8.62. The number of carbonyl (C=O) groups excluding carboxylic acids is 2. The van der Waals surface area contributed by atoms with E-state index in [1.165, 1.54) is 22.9 Å². The Kier molecular flexibility index (Phi) is 6.68. The molecular weight excluding hydrogens is 452 g/mol. The first-order chi connectivity index (χ1) is 17.1.